The Balaban J connectivity index is 2.10. The molecule has 0 amide bonds. The normalized spacial score (nSPS) is 12.0. The lowest BCUT2D eigenvalue weighted by Gasteiger charge is -2.15. The van der Waals surface area contributed by atoms with Crippen molar-refractivity contribution >= 4 is 29.2 Å². The lowest BCUT2D eigenvalue weighted by molar-refractivity contribution is -0.143. The maximum Gasteiger partial charge on any atom is 0.306 e. The molecule has 158 valence electrons. The predicted octanol–water partition coefficient (Wildman–Crippen LogP) is 4.49. The maximum absolute atomic E-state index is 12.2. The second kappa shape index (κ2) is 9.38. The van der Waals surface area contributed by atoms with Crippen molar-refractivity contribution in [3.05, 3.63) is 73.9 Å². The van der Waals surface area contributed by atoms with E-state index in [0.29, 0.717) is 21.4 Å². The Labute approximate surface area is 181 Å². The van der Waals surface area contributed by atoms with E-state index in [4.69, 9.17) is 36.8 Å². The van der Waals surface area contributed by atoms with Crippen molar-refractivity contribution in [1.82, 2.24) is 0 Å². The first-order valence-electron chi connectivity index (χ1n) is 9.01. The van der Waals surface area contributed by atoms with Gasteiger partial charge in [0.1, 0.15) is 23.9 Å². The second-order valence-electron chi connectivity index (χ2n) is 6.34. The van der Waals surface area contributed by atoms with Crippen LogP contribution in [0.15, 0.2) is 50.0 Å². The molecule has 1 atom stereocenters. The number of esters is 1. The molecule has 0 aliphatic rings. The van der Waals surface area contributed by atoms with Gasteiger partial charge in [0.15, 0.2) is 5.76 Å². The van der Waals surface area contributed by atoms with Crippen molar-refractivity contribution in [2.24, 2.45) is 0 Å². The molecule has 7 nitrogen and oxygen atoms in total. The first-order valence-corrected chi connectivity index (χ1v) is 9.77. The van der Waals surface area contributed by atoms with Gasteiger partial charge in [-0.3, -0.25) is 9.59 Å². The topological polar surface area (TPSA) is 110 Å². The summed E-state index contributed by atoms with van der Waals surface area (Å²) in [5, 5.41) is 20.5. The van der Waals surface area contributed by atoms with E-state index in [0.717, 1.165) is 6.07 Å². The third-order valence-electron chi connectivity index (χ3n) is 4.31. The number of aliphatic hydroxyl groups is 1. The summed E-state index contributed by atoms with van der Waals surface area (Å²) >= 11 is 12.3. The van der Waals surface area contributed by atoms with Crippen LogP contribution in [0.5, 0.6) is 5.75 Å². The highest BCUT2D eigenvalue weighted by molar-refractivity contribution is 6.35. The van der Waals surface area contributed by atoms with Crippen LogP contribution in [0.25, 0.3) is 11.3 Å². The molecular weight excluding hydrogens is 435 g/mol. The number of benzene rings is 1. The van der Waals surface area contributed by atoms with Crippen LogP contribution < -0.4 is 5.43 Å². The highest BCUT2D eigenvalue weighted by atomic mass is 35.5. The first kappa shape index (κ1) is 22.0. The van der Waals surface area contributed by atoms with Crippen LogP contribution in [0.2, 0.25) is 10.0 Å². The third-order valence-corrected chi connectivity index (χ3v) is 4.88. The third kappa shape index (κ3) is 4.70. The van der Waals surface area contributed by atoms with Gasteiger partial charge in [0.2, 0.25) is 11.2 Å². The summed E-state index contributed by atoms with van der Waals surface area (Å²) in [5.41, 5.74) is -0.223. The van der Waals surface area contributed by atoms with Gasteiger partial charge in [-0.05, 0) is 37.3 Å². The molecule has 2 N–H and O–H groups in total. The summed E-state index contributed by atoms with van der Waals surface area (Å²) < 4.78 is 16.4. The standard InChI is InChI=1S/C21H18Cl2O7/c1-2-28-19(26)9-14(21-20(27)16(25)8-12(10-24)29-21)18-6-5-17(30-18)13-7-11(22)3-4-15(13)23/h3-8,14,24,27H,2,9-10H2,1H3/t14-/m0/s1. The van der Waals surface area contributed by atoms with E-state index in [-0.39, 0.29) is 30.3 Å². The summed E-state index contributed by atoms with van der Waals surface area (Å²) in [4.78, 5) is 24.2. The largest absolute Gasteiger partial charge is 0.502 e. The molecule has 0 unspecified atom stereocenters. The van der Waals surface area contributed by atoms with Gasteiger partial charge in [-0.1, -0.05) is 23.2 Å². The van der Waals surface area contributed by atoms with Gasteiger partial charge in [-0.2, -0.15) is 0 Å². The zero-order valence-corrected chi connectivity index (χ0v) is 17.4. The molecule has 3 aromatic rings. The van der Waals surface area contributed by atoms with Crippen LogP contribution in [-0.4, -0.2) is 22.8 Å². The minimum Gasteiger partial charge on any atom is -0.502 e. The molecule has 30 heavy (non-hydrogen) atoms. The molecule has 9 heteroatoms. The quantitative estimate of drug-likeness (QED) is 0.508. The number of carbonyl (C=O) groups excluding carboxylic acids is 1. The lowest BCUT2D eigenvalue weighted by Crippen LogP contribution is -2.14. The van der Waals surface area contributed by atoms with Crippen molar-refractivity contribution in [3.8, 4) is 17.1 Å². The fraction of sp³-hybridized carbons (Fsp3) is 0.238. The SMILES string of the molecule is CCOC(=O)C[C@@H](c1ccc(-c2cc(Cl)ccc2Cl)o1)c1oc(CO)cc(=O)c1O. The molecule has 1 aromatic carbocycles. The van der Waals surface area contributed by atoms with Crippen LogP contribution in [0.1, 0.15) is 36.5 Å². The number of aromatic hydroxyl groups is 1. The molecule has 0 radical (unpaired) electrons. The number of aliphatic hydroxyl groups excluding tert-OH is 1. The molecule has 0 bridgehead atoms. The molecular formula is C21H18Cl2O7. The van der Waals surface area contributed by atoms with Crippen LogP contribution in [0, 0.1) is 0 Å². The monoisotopic (exact) mass is 452 g/mol. The van der Waals surface area contributed by atoms with E-state index in [1.165, 1.54) is 0 Å². The first-order chi connectivity index (χ1) is 14.3. The lowest BCUT2D eigenvalue weighted by atomic mass is 9.98. The van der Waals surface area contributed by atoms with Crippen LogP contribution in [-0.2, 0) is 16.1 Å². The Morgan fingerprint density at radius 1 is 1.17 bits per heavy atom. The van der Waals surface area contributed by atoms with Gasteiger partial charge in [0.05, 0.1) is 24.0 Å². The summed E-state index contributed by atoms with van der Waals surface area (Å²) in [5.74, 6) is -1.92. The fourth-order valence-electron chi connectivity index (χ4n) is 2.95. The van der Waals surface area contributed by atoms with Gasteiger partial charge >= 0.3 is 5.97 Å². The van der Waals surface area contributed by atoms with Crippen molar-refractivity contribution in [3.63, 3.8) is 0 Å². The highest BCUT2D eigenvalue weighted by Gasteiger charge is 2.29. The van der Waals surface area contributed by atoms with Gasteiger partial charge in [0.25, 0.3) is 0 Å². The predicted molar refractivity (Wildman–Crippen MR) is 110 cm³/mol. The Bertz CT molecular complexity index is 1120. The van der Waals surface area contributed by atoms with E-state index in [2.05, 4.69) is 0 Å². The number of hydrogen-bond acceptors (Lipinski definition) is 7. The summed E-state index contributed by atoms with van der Waals surface area (Å²) in [6.45, 7) is 1.25. The van der Waals surface area contributed by atoms with Crippen molar-refractivity contribution in [2.75, 3.05) is 6.61 Å². The Kier molecular flexibility index (Phi) is 6.87. The Morgan fingerprint density at radius 3 is 2.63 bits per heavy atom. The number of ether oxygens (including phenoxy) is 1. The summed E-state index contributed by atoms with van der Waals surface area (Å²) in [7, 11) is 0. The van der Waals surface area contributed by atoms with Crippen molar-refractivity contribution < 1.29 is 28.6 Å². The van der Waals surface area contributed by atoms with Crippen LogP contribution in [0.4, 0.5) is 0 Å². The van der Waals surface area contributed by atoms with Gasteiger partial charge < -0.3 is 23.8 Å². The van der Waals surface area contributed by atoms with Crippen molar-refractivity contribution in [1.29, 1.82) is 0 Å². The summed E-state index contributed by atoms with van der Waals surface area (Å²) in [6.07, 6.45) is -0.268. The number of hydrogen-bond donors (Lipinski definition) is 2. The van der Waals surface area contributed by atoms with E-state index in [1.54, 1.807) is 37.3 Å². The molecule has 3 rings (SSSR count). The Hall–Kier alpha value is -2.74. The van der Waals surface area contributed by atoms with Crippen molar-refractivity contribution in [2.45, 2.75) is 25.9 Å². The number of carbonyl (C=O) groups is 1. The van der Waals surface area contributed by atoms with Gasteiger partial charge in [0, 0.05) is 16.7 Å². The number of rotatable bonds is 7. The number of halogens is 2. The smallest absolute Gasteiger partial charge is 0.306 e. The zero-order chi connectivity index (χ0) is 21.8. The van der Waals surface area contributed by atoms with E-state index in [1.807, 2.05) is 0 Å². The minimum atomic E-state index is -0.977. The van der Waals surface area contributed by atoms with Crippen LogP contribution in [0.3, 0.4) is 0 Å². The number of furan rings is 1. The molecule has 0 saturated heterocycles. The molecule has 0 spiro atoms. The average molecular weight is 453 g/mol. The van der Waals surface area contributed by atoms with E-state index in [9.17, 15) is 19.8 Å². The highest BCUT2D eigenvalue weighted by Crippen LogP contribution is 2.38. The molecule has 0 saturated carbocycles. The van der Waals surface area contributed by atoms with E-state index >= 15 is 0 Å². The molecule has 0 aliphatic carbocycles. The molecule has 0 fully saturated rings. The van der Waals surface area contributed by atoms with Gasteiger partial charge in [-0.25, -0.2) is 0 Å². The summed E-state index contributed by atoms with van der Waals surface area (Å²) in [6, 6.07) is 9.04. The second-order valence-corrected chi connectivity index (χ2v) is 7.18. The molecule has 0 aliphatic heterocycles. The average Bonchev–Trinajstić information content (AvgIpc) is 3.20. The zero-order valence-electron chi connectivity index (χ0n) is 15.9. The Morgan fingerprint density at radius 2 is 1.93 bits per heavy atom. The van der Waals surface area contributed by atoms with Gasteiger partial charge in [-0.15, -0.1) is 0 Å². The fourth-order valence-corrected chi connectivity index (χ4v) is 3.33. The maximum atomic E-state index is 12.2. The molecule has 2 aromatic heterocycles. The minimum absolute atomic E-state index is 0.0636. The molecule has 2 heterocycles. The van der Waals surface area contributed by atoms with E-state index < -0.39 is 29.7 Å². The van der Waals surface area contributed by atoms with Crippen LogP contribution >= 0.6 is 23.2 Å².